The van der Waals surface area contributed by atoms with Crippen LogP contribution in [0.1, 0.15) is 0 Å². The molecule has 0 aliphatic carbocycles. The van der Waals surface area contributed by atoms with Gasteiger partial charge in [-0.15, -0.1) is 0 Å². The lowest BCUT2D eigenvalue weighted by Gasteiger charge is -1.82. The predicted molar refractivity (Wildman–Crippen MR) is 35.1 cm³/mol. The van der Waals surface area contributed by atoms with Crippen LogP contribution in [-0.4, -0.2) is 5.91 Å². The van der Waals surface area contributed by atoms with E-state index in [0.717, 1.165) is 0 Å². The second-order valence-electron chi connectivity index (χ2n) is 0.821. The van der Waals surface area contributed by atoms with E-state index in [9.17, 15) is 4.79 Å². The molecule has 0 rings (SSSR count). The van der Waals surface area contributed by atoms with Crippen LogP contribution in [0.15, 0.2) is 9.47 Å². The number of hydrogen-bond donors (Lipinski definition) is 1. The molecule has 40 valence electrons. The van der Waals surface area contributed by atoms with Gasteiger partial charge in [-0.25, -0.2) is 0 Å². The third kappa shape index (κ3) is 2.82. The van der Waals surface area contributed by atoms with Crippen LogP contribution in [0, 0.1) is 0 Å². The zero-order chi connectivity index (χ0) is 5.86. The molecule has 0 unspecified atom stereocenters. The first-order valence-electron chi connectivity index (χ1n) is 1.44. The van der Waals surface area contributed by atoms with Gasteiger partial charge in [0.1, 0.15) is 0 Å². The van der Waals surface area contributed by atoms with Gasteiger partial charge in [0.15, 0.2) is 0 Å². The van der Waals surface area contributed by atoms with Gasteiger partial charge in [-0.1, -0.05) is 15.9 Å². The minimum atomic E-state index is -0.475. The summed E-state index contributed by atoms with van der Waals surface area (Å²) < 4.78 is 0.340. The summed E-state index contributed by atoms with van der Waals surface area (Å²) in [5.41, 5.74) is 4.76. The molecule has 0 heterocycles. The zero-order valence-corrected chi connectivity index (χ0v) is 6.49. The SMILES string of the molecule is NC(=O)/C(Br)=C\Br. The Labute approximate surface area is 58.0 Å². The molecule has 0 radical (unpaired) electrons. The molecule has 0 spiro atoms. The fourth-order valence-electron chi connectivity index (χ4n) is 0.0538. The quantitative estimate of drug-likeness (QED) is 0.672. The number of hydrogen-bond acceptors (Lipinski definition) is 1. The number of nitrogens with two attached hydrogens (primary N) is 1. The van der Waals surface area contributed by atoms with E-state index in [1.54, 1.807) is 0 Å². The fourth-order valence-corrected chi connectivity index (χ4v) is 0.279. The molecule has 7 heavy (non-hydrogen) atoms. The molecule has 0 aliphatic heterocycles. The van der Waals surface area contributed by atoms with Crippen molar-refractivity contribution in [1.82, 2.24) is 0 Å². The third-order valence-electron chi connectivity index (χ3n) is 0.331. The molecular weight excluding hydrogens is 226 g/mol. The second-order valence-corrected chi connectivity index (χ2v) is 2.13. The Hall–Kier alpha value is 0.170. The number of primary amides is 1. The Kier molecular flexibility index (Phi) is 3.29. The van der Waals surface area contributed by atoms with Gasteiger partial charge in [0.25, 0.3) is 5.91 Å². The lowest BCUT2D eigenvalue weighted by atomic mass is 10.6. The van der Waals surface area contributed by atoms with Crippen molar-refractivity contribution < 1.29 is 4.79 Å². The van der Waals surface area contributed by atoms with Crippen LogP contribution < -0.4 is 5.73 Å². The van der Waals surface area contributed by atoms with Crippen molar-refractivity contribution >= 4 is 37.8 Å². The summed E-state index contributed by atoms with van der Waals surface area (Å²) in [6.07, 6.45) is 0. The fraction of sp³-hybridized carbons (Fsp3) is 0. The van der Waals surface area contributed by atoms with E-state index in [0.29, 0.717) is 4.48 Å². The summed E-state index contributed by atoms with van der Waals surface area (Å²) in [6, 6.07) is 0. The molecule has 0 fully saturated rings. The summed E-state index contributed by atoms with van der Waals surface area (Å²) >= 11 is 5.79. The molecule has 2 nitrogen and oxygen atoms in total. The molecule has 0 aromatic heterocycles. The van der Waals surface area contributed by atoms with Gasteiger partial charge < -0.3 is 5.73 Å². The summed E-state index contributed by atoms with van der Waals surface area (Å²) in [4.78, 5) is 11.4. The highest BCUT2D eigenvalue weighted by atomic mass is 79.9. The lowest BCUT2D eigenvalue weighted by Crippen LogP contribution is -2.08. The Balaban J connectivity index is 3.82. The van der Waals surface area contributed by atoms with Gasteiger partial charge in [-0.3, -0.25) is 4.79 Å². The number of amides is 1. The van der Waals surface area contributed by atoms with E-state index >= 15 is 0 Å². The molecule has 0 bridgehead atoms. The summed E-state index contributed by atoms with van der Waals surface area (Å²) in [6.45, 7) is 0. The Morgan fingerprint density at radius 1 is 1.71 bits per heavy atom. The van der Waals surface area contributed by atoms with E-state index < -0.39 is 5.91 Å². The van der Waals surface area contributed by atoms with Crippen LogP contribution >= 0.6 is 31.9 Å². The van der Waals surface area contributed by atoms with Crippen LogP contribution in [0.4, 0.5) is 0 Å². The van der Waals surface area contributed by atoms with Crippen molar-refractivity contribution in [2.45, 2.75) is 0 Å². The lowest BCUT2D eigenvalue weighted by molar-refractivity contribution is -0.113. The van der Waals surface area contributed by atoms with Crippen LogP contribution in [0.25, 0.3) is 0 Å². The van der Waals surface area contributed by atoms with E-state index in [-0.39, 0.29) is 0 Å². The van der Waals surface area contributed by atoms with E-state index in [1.807, 2.05) is 0 Å². The van der Waals surface area contributed by atoms with Crippen molar-refractivity contribution in [3.05, 3.63) is 9.47 Å². The van der Waals surface area contributed by atoms with Crippen LogP contribution in [-0.2, 0) is 4.79 Å². The smallest absolute Gasteiger partial charge is 0.256 e. The average Bonchev–Trinajstić information content (AvgIpc) is 1.65. The topological polar surface area (TPSA) is 43.1 Å². The minimum absolute atomic E-state index is 0.340. The Morgan fingerprint density at radius 2 is 2.14 bits per heavy atom. The number of carbonyl (C=O) groups is 1. The summed E-state index contributed by atoms with van der Waals surface area (Å²) in [5, 5.41) is 0. The average molecular weight is 229 g/mol. The Morgan fingerprint density at radius 3 is 2.14 bits per heavy atom. The van der Waals surface area contributed by atoms with Gasteiger partial charge in [-0.05, 0) is 15.9 Å². The zero-order valence-electron chi connectivity index (χ0n) is 3.32. The number of carbonyl (C=O) groups excluding carboxylic acids is 1. The maximum absolute atomic E-state index is 10.0. The standard InChI is InChI=1S/C3H3Br2NO/c4-1-2(5)3(6)7/h1H,(H2,6,7)/b2-1+. The molecule has 2 N–H and O–H groups in total. The second kappa shape index (κ2) is 3.21. The number of halogens is 2. The van der Waals surface area contributed by atoms with Gasteiger partial charge >= 0.3 is 0 Å². The van der Waals surface area contributed by atoms with Crippen molar-refractivity contribution in [2.24, 2.45) is 5.73 Å². The third-order valence-corrected chi connectivity index (χ3v) is 2.02. The molecule has 0 saturated carbocycles. The van der Waals surface area contributed by atoms with Crippen LogP contribution in [0.5, 0.6) is 0 Å². The molecular formula is C3H3Br2NO. The highest BCUT2D eigenvalue weighted by Crippen LogP contribution is 2.04. The minimum Gasteiger partial charge on any atom is -0.365 e. The van der Waals surface area contributed by atoms with E-state index in [1.165, 1.54) is 4.99 Å². The summed E-state index contributed by atoms with van der Waals surface area (Å²) in [5.74, 6) is -0.475. The van der Waals surface area contributed by atoms with Gasteiger partial charge in [-0.2, -0.15) is 0 Å². The molecule has 0 atom stereocenters. The van der Waals surface area contributed by atoms with Gasteiger partial charge in [0.2, 0.25) is 0 Å². The highest BCUT2D eigenvalue weighted by molar-refractivity contribution is 9.14. The first-order chi connectivity index (χ1) is 3.18. The van der Waals surface area contributed by atoms with E-state index in [2.05, 4.69) is 31.9 Å². The maximum atomic E-state index is 10.0. The van der Waals surface area contributed by atoms with Crippen LogP contribution in [0.3, 0.4) is 0 Å². The molecule has 0 saturated heterocycles. The normalized spacial score (nSPS) is 11.4. The first kappa shape index (κ1) is 7.17. The van der Waals surface area contributed by atoms with Crippen molar-refractivity contribution in [1.29, 1.82) is 0 Å². The Bertz CT molecular complexity index is 110. The largest absolute Gasteiger partial charge is 0.365 e. The molecule has 4 heteroatoms. The number of rotatable bonds is 1. The summed E-state index contributed by atoms with van der Waals surface area (Å²) in [7, 11) is 0. The predicted octanol–water partition coefficient (Wildman–Crippen LogP) is 1.10. The first-order valence-corrected chi connectivity index (χ1v) is 3.15. The van der Waals surface area contributed by atoms with Crippen molar-refractivity contribution in [3.8, 4) is 0 Å². The van der Waals surface area contributed by atoms with Crippen molar-refractivity contribution in [3.63, 3.8) is 0 Å². The van der Waals surface area contributed by atoms with Gasteiger partial charge in [0, 0.05) is 4.99 Å². The molecule has 1 amide bonds. The van der Waals surface area contributed by atoms with Crippen molar-refractivity contribution in [2.75, 3.05) is 0 Å². The van der Waals surface area contributed by atoms with E-state index in [4.69, 9.17) is 5.73 Å². The highest BCUT2D eigenvalue weighted by Gasteiger charge is 1.93. The van der Waals surface area contributed by atoms with Gasteiger partial charge in [0.05, 0.1) is 4.48 Å². The molecule has 0 aromatic rings. The molecule has 0 aromatic carbocycles. The molecule has 0 aliphatic rings. The monoisotopic (exact) mass is 227 g/mol. The van der Waals surface area contributed by atoms with Crippen LogP contribution in [0.2, 0.25) is 0 Å². The maximum Gasteiger partial charge on any atom is 0.256 e.